The third-order valence-corrected chi connectivity index (χ3v) is 5.69. The van der Waals surface area contributed by atoms with Gasteiger partial charge in [0.1, 0.15) is 5.78 Å². The lowest BCUT2D eigenvalue weighted by Gasteiger charge is -2.58. The summed E-state index contributed by atoms with van der Waals surface area (Å²) in [5.74, 6) is 3.30. The first-order valence-electron chi connectivity index (χ1n) is 6.86. The predicted octanol–water partition coefficient (Wildman–Crippen LogP) is 2.37. The second kappa shape index (κ2) is 3.56. The molecule has 4 aliphatic rings. The highest BCUT2D eigenvalue weighted by molar-refractivity contribution is 5.83. The molecule has 2 nitrogen and oxygen atoms in total. The first-order chi connectivity index (χ1) is 7.63. The molecule has 2 N–H and O–H groups in total. The molecule has 16 heavy (non-hydrogen) atoms. The van der Waals surface area contributed by atoms with E-state index < -0.39 is 0 Å². The van der Waals surface area contributed by atoms with Crippen molar-refractivity contribution in [2.45, 2.75) is 45.4 Å². The van der Waals surface area contributed by atoms with Crippen LogP contribution in [0.3, 0.4) is 0 Å². The highest BCUT2D eigenvalue weighted by atomic mass is 16.1. The van der Waals surface area contributed by atoms with E-state index >= 15 is 0 Å². The van der Waals surface area contributed by atoms with Crippen molar-refractivity contribution in [3.8, 4) is 0 Å². The van der Waals surface area contributed by atoms with Crippen molar-refractivity contribution < 1.29 is 4.79 Å². The summed E-state index contributed by atoms with van der Waals surface area (Å²) in [7, 11) is 0. The van der Waals surface area contributed by atoms with Crippen LogP contribution < -0.4 is 5.73 Å². The minimum atomic E-state index is 0.214. The van der Waals surface area contributed by atoms with Gasteiger partial charge in [-0.3, -0.25) is 4.79 Å². The van der Waals surface area contributed by atoms with Gasteiger partial charge in [0.15, 0.2) is 0 Å². The minimum absolute atomic E-state index is 0.214. The van der Waals surface area contributed by atoms with Gasteiger partial charge in [-0.25, -0.2) is 0 Å². The predicted molar refractivity (Wildman–Crippen MR) is 63.8 cm³/mol. The van der Waals surface area contributed by atoms with Gasteiger partial charge in [-0.15, -0.1) is 0 Å². The van der Waals surface area contributed by atoms with Crippen molar-refractivity contribution in [1.82, 2.24) is 0 Å². The van der Waals surface area contributed by atoms with Crippen LogP contribution in [0, 0.1) is 29.1 Å². The van der Waals surface area contributed by atoms with Crippen LogP contribution in [0.25, 0.3) is 0 Å². The van der Waals surface area contributed by atoms with Crippen molar-refractivity contribution in [2.24, 2.45) is 34.8 Å². The number of Topliss-reactive ketones (excluding diaryl/α,β-unsaturated/α-hetero) is 1. The maximum Gasteiger partial charge on any atom is 0.149 e. The Kier molecular flexibility index (Phi) is 2.39. The molecule has 4 fully saturated rings. The summed E-state index contributed by atoms with van der Waals surface area (Å²) in [6.45, 7) is 2.38. The van der Waals surface area contributed by atoms with Gasteiger partial charge < -0.3 is 5.73 Å². The average molecular weight is 221 g/mol. The Morgan fingerprint density at radius 1 is 1.19 bits per heavy atom. The monoisotopic (exact) mass is 221 g/mol. The molecule has 90 valence electrons. The third-order valence-electron chi connectivity index (χ3n) is 5.69. The smallest absolute Gasteiger partial charge is 0.149 e. The standard InChI is InChI=1S/C14H23NO/c1-9(13(16)8-15)14-5-10-2-11(6-14)4-12(3-10)7-14/h9-12H,2-8,15H2,1H3. The SMILES string of the molecule is CC(C(=O)CN)C12CC3CC(CC(C3)C1)C2. The second-order valence-electron chi connectivity index (χ2n) is 6.67. The fraction of sp³-hybridized carbons (Fsp3) is 0.929. The van der Waals surface area contributed by atoms with Crippen LogP contribution in [0.4, 0.5) is 0 Å². The lowest BCUT2D eigenvalue weighted by atomic mass is 9.46. The Hall–Kier alpha value is -0.370. The minimum Gasteiger partial charge on any atom is -0.324 e. The summed E-state index contributed by atoms with van der Waals surface area (Å²) in [4.78, 5) is 11.9. The van der Waals surface area contributed by atoms with Crippen LogP contribution in [-0.2, 0) is 4.79 Å². The van der Waals surface area contributed by atoms with E-state index in [0.29, 0.717) is 11.2 Å². The van der Waals surface area contributed by atoms with E-state index in [0.717, 1.165) is 17.8 Å². The number of rotatable bonds is 3. The fourth-order valence-electron chi connectivity index (χ4n) is 5.23. The number of hydrogen-bond donors (Lipinski definition) is 1. The van der Waals surface area contributed by atoms with Gasteiger partial charge >= 0.3 is 0 Å². The summed E-state index contributed by atoms with van der Waals surface area (Å²) in [6.07, 6.45) is 8.28. The molecule has 1 atom stereocenters. The van der Waals surface area contributed by atoms with Crippen LogP contribution in [0.15, 0.2) is 0 Å². The van der Waals surface area contributed by atoms with Crippen LogP contribution in [0.5, 0.6) is 0 Å². The summed E-state index contributed by atoms with van der Waals surface area (Å²) in [6, 6.07) is 0. The van der Waals surface area contributed by atoms with Crippen LogP contribution in [0.2, 0.25) is 0 Å². The fourth-order valence-corrected chi connectivity index (χ4v) is 5.23. The van der Waals surface area contributed by atoms with E-state index in [1.165, 1.54) is 38.5 Å². The number of nitrogens with two attached hydrogens (primary N) is 1. The van der Waals surface area contributed by atoms with Crippen molar-refractivity contribution in [1.29, 1.82) is 0 Å². The van der Waals surface area contributed by atoms with Crippen molar-refractivity contribution in [3.63, 3.8) is 0 Å². The summed E-state index contributed by atoms with van der Waals surface area (Å²) in [5, 5.41) is 0. The molecule has 0 spiro atoms. The molecule has 4 aliphatic carbocycles. The molecular weight excluding hydrogens is 198 g/mol. The van der Waals surface area contributed by atoms with Gasteiger partial charge in [0.05, 0.1) is 6.54 Å². The first-order valence-corrected chi connectivity index (χ1v) is 6.86. The highest BCUT2D eigenvalue weighted by Crippen LogP contribution is 2.62. The van der Waals surface area contributed by atoms with Gasteiger partial charge in [0, 0.05) is 5.92 Å². The molecule has 0 heterocycles. The maximum absolute atomic E-state index is 11.9. The topological polar surface area (TPSA) is 43.1 Å². The Bertz CT molecular complexity index is 275. The Labute approximate surface area is 98.0 Å². The van der Waals surface area contributed by atoms with Gasteiger partial charge in [0.25, 0.3) is 0 Å². The Morgan fingerprint density at radius 3 is 2.00 bits per heavy atom. The van der Waals surface area contributed by atoms with Crippen LogP contribution in [0.1, 0.15) is 45.4 Å². The van der Waals surface area contributed by atoms with E-state index in [1.54, 1.807) is 0 Å². The van der Waals surface area contributed by atoms with Gasteiger partial charge in [-0.1, -0.05) is 6.92 Å². The number of hydrogen-bond acceptors (Lipinski definition) is 2. The molecule has 0 amide bonds. The Morgan fingerprint density at radius 2 is 1.62 bits per heavy atom. The van der Waals surface area contributed by atoms with E-state index in [2.05, 4.69) is 6.92 Å². The molecule has 4 saturated carbocycles. The molecule has 0 aromatic rings. The summed E-state index contributed by atoms with van der Waals surface area (Å²) >= 11 is 0. The number of carbonyl (C=O) groups excluding carboxylic acids is 1. The molecule has 4 bridgehead atoms. The second-order valence-corrected chi connectivity index (χ2v) is 6.67. The van der Waals surface area contributed by atoms with E-state index in [4.69, 9.17) is 5.73 Å². The van der Waals surface area contributed by atoms with Gasteiger partial charge in [-0.05, 0) is 61.7 Å². The van der Waals surface area contributed by atoms with Crippen molar-refractivity contribution >= 4 is 5.78 Å². The van der Waals surface area contributed by atoms with E-state index in [1.807, 2.05) is 0 Å². The zero-order chi connectivity index (χ0) is 11.3. The van der Waals surface area contributed by atoms with Gasteiger partial charge in [0.2, 0.25) is 0 Å². The van der Waals surface area contributed by atoms with E-state index in [-0.39, 0.29) is 12.5 Å². The van der Waals surface area contributed by atoms with E-state index in [9.17, 15) is 4.79 Å². The molecule has 0 radical (unpaired) electrons. The van der Waals surface area contributed by atoms with Crippen LogP contribution >= 0.6 is 0 Å². The van der Waals surface area contributed by atoms with Gasteiger partial charge in [-0.2, -0.15) is 0 Å². The van der Waals surface area contributed by atoms with Crippen molar-refractivity contribution in [2.75, 3.05) is 6.54 Å². The quantitative estimate of drug-likeness (QED) is 0.795. The number of ketones is 1. The molecular formula is C14H23NO. The summed E-state index contributed by atoms with van der Waals surface area (Å²) in [5.41, 5.74) is 5.89. The highest BCUT2D eigenvalue weighted by Gasteiger charge is 2.54. The normalized spacial score (nSPS) is 47.0. The molecule has 0 aromatic heterocycles. The molecule has 1 unspecified atom stereocenters. The maximum atomic E-state index is 11.9. The Balaban J connectivity index is 1.85. The third kappa shape index (κ3) is 1.46. The number of carbonyl (C=O) groups is 1. The first kappa shape index (κ1) is 10.8. The molecule has 0 aliphatic heterocycles. The van der Waals surface area contributed by atoms with Crippen LogP contribution in [-0.4, -0.2) is 12.3 Å². The molecule has 2 heteroatoms. The zero-order valence-corrected chi connectivity index (χ0v) is 10.2. The zero-order valence-electron chi connectivity index (χ0n) is 10.2. The lowest BCUT2D eigenvalue weighted by molar-refractivity contribution is -0.136. The average Bonchev–Trinajstić information content (AvgIpc) is 2.25. The summed E-state index contributed by atoms with van der Waals surface area (Å²) < 4.78 is 0. The molecule has 0 aromatic carbocycles. The molecule has 4 rings (SSSR count). The lowest BCUT2D eigenvalue weighted by Crippen LogP contribution is -2.51. The molecule has 0 saturated heterocycles. The largest absolute Gasteiger partial charge is 0.324 e. The van der Waals surface area contributed by atoms with Crippen molar-refractivity contribution in [3.05, 3.63) is 0 Å².